The Kier molecular flexibility index (Phi) is 7.84. The molecule has 1 aromatic carbocycles. The molecule has 0 bridgehead atoms. The molecule has 1 aliphatic rings. The molecule has 180 valence electrons. The maximum absolute atomic E-state index is 12.7. The lowest BCUT2D eigenvalue weighted by Crippen LogP contribution is -2.59. The number of nitrogens with two attached hydrogens (primary N) is 2. The normalized spacial score (nSPS) is 20.9. The molecule has 0 aliphatic carbocycles. The van der Waals surface area contributed by atoms with Gasteiger partial charge < -0.3 is 20.8 Å². The van der Waals surface area contributed by atoms with Crippen molar-refractivity contribution < 1.29 is 27.7 Å². The zero-order valence-electron chi connectivity index (χ0n) is 18.1. The number of rotatable bonds is 9. The van der Waals surface area contributed by atoms with Crippen molar-refractivity contribution in [2.45, 2.75) is 56.1 Å². The van der Waals surface area contributed by atoms with Crippen LogP contribution < -0.4 is 16.9 Å². The number of nitrogens with one attached hydrogen (secondary N) is 1. The standard InChI is InChI=1S/C20H27N5O6S2/c1-3-13-10-32-19(23-13)15(8-12-4-6-14(7-5-12)33(29,30)31-22)16(17(21)26)25-9-11(2)18(27)24-20(25)28/h4-7,9-10,15-16,18,20,24,27-28H,3,8,22H2,1-2H3,(H2,21,26). The number of amides is 1. The predicted octanol–water partition coefficient (Wildman–Crippen LogP) is -0.132. The van der Waals surface area contributed by atoms with Gasteiger partial charge in [0.15, 0.2) is 6.35 Å². The highest BCUT2D eigenvalue weighted by molar-refractivity contribution is 7.86. The van der Waals surface area contributed by atoms with Crippen molar-refractivity contribution in [2.75, 3.05) is 0 Å². The minimum Gasteiger partial charge on any atom is -0.374 e. The summed E-state index contributed by atoms with van der Waals surface area (Å²) >= 11 is 1.37. The Bertz CT molecular complexity index is 1120. The third-order valence-corrected chi connectivity index (χ3v) is 7.54. The summed E-state index contributed by atoms with van der Waals surface area (Å²) in [6, 6.07) is 4.86. The van der Waals surface area contributed by atoms with Crippen LogP contribution in [0.15, 0.2) is 46.3 Å². The van der Waals surface area contributed by atoms with Gasteiger partial charge in [0.25, 0.3) is 0 Å². The number of nitrogens with zero attached hydrogens (tertiary/aromatic N) is 2. The first-order chi connectivity index (χ1) is 15.6. The largest absolute Gasteiger partial charge is 0.374 e. The quantitative estimate of drug-likeness (QED) is 0.293. The highest BCUT2D eigenvalue weighted by Gasteiger charge is 2.39. The van der Waals surface area contributed by atoms with E-state index in [9.17, 15) is 23.4 Å². The molecule has 0 saturated heterocycles. The van der Waals surface area contributed by atoms with Crippen molar-refractivity contribution in [1.29, 1.82) is 0 Å². The maximum Gasteiger partial charge on any atom is 0.312 e. The molecule has 13 heteroatoms. The number of benzene rings is 1. The number of thiazole rings is 1. The van der Waals surface area contributed by atoms with E-state index in [-0.39, 0.29) is 11.3 Å². The number of hydrogen-bond donors (Lipinski definition) is 5. The summed E-state index contributed by atoms with van der Waals surface area (Å²) in [6.07, 6.45) is 0.0521. The molecule has 0 saturated carbocycles. The summed E-state index contributed by atoms with van der Waals surface area (Å²) in [4.78, 5) is 18.5. The van der Waals surface area contributed by atoms with Gasteiger partial charge in [-0.15, -0.1) is 11.3 Å². The number of aryl methyl sites for hydroxylation is 1. The third-order valence-electron chi connectivity index (χ3n) is 5.41. The number of aromatic nitrogens is 1. The number of aliphatic hydroxyl groups excluding tert-OH is 2. The lowest BCUT2D eigenvalue weighted by Gasteiger charge is -2.41. The smallest absolute Gasteiger partial charge is 0.312 e. The molecule has 4 atom stereocenters. The fourth-order valence-corrected chi connectivity index (χ4v) is 5.23. The van der Waals surface area contributed by atoms with Crippen LogP contribution in [0, 0.1) is 0 Å². The summed E-state index contributed by atoms with van der Waals surface area (Å²) in [5.41, 5.74) is 7.85. The fraction of sp³-hybridized carbons (Fsp3) is 0.400. The van der Waals surface area contributed by atoms with Crippen LogP contribution >= 0.6 is 11.3 Å². The minimum atomic E-state index is -4.05. The van der Waals surface area contributed by atoms with Crippen molar-refractivity contribution in [3.05, 3.63) is 57.7 Å². The lowest BCUT2D eigenvalue weighted by molar-refractivity contribution is -0.131. The molecule has 1 aromatic heterocycles. The van der Waals surface area contributed by atoms with Crippen LogP contribution in [0.2, 0.25) is 0 Å². The van der Waals surface area contributed by atoms with Crippen molar-refractivity contribution in [2.24, 2.45) is 11.6 Å². The number of aliphatic hydroxyl groups is 2. The Hall–Kier alpha value is -2.39. The van der Waals surface area contributed by atoms with E-state index in [0.717, 1.165) is 5.69 Å². The van der Waals surface area contributed by atoms with Crippen LogP contribution in [-0.4, -0.2) is 53.0 Å². The fourth-order valence-electron chi connectivity index (χ4n) is 3.61. The minimum absolute atomic E-state index is 0.109. The molecule has 1 aliphatic heterocycles. The summed E-state index contributed by atoms with van der Waals surface area (Å²) < 4.78 is 27.7. The summed E-state index contributed by atoms with van der Waals surface area (Å²) in [5, 5.41) is 25.6. The van der Waals surface area contributed by atoms with Crippen molar-refractivity contribution in [1.82, 2.24) is 15.2 Å². The zero-order chi connectivity index (χ0) is 24.3. The van der Waals surface area contributed by atoms with E-state index >= 15 is 0 Å². The first-order valence-electron chi connectivity index (χ1n) is 10.1. The zero-order valence-corrected chi connectivity index (χ0v) is 19.7. The Morgan fingerprint density at radius 2 is 2.00 bits per heavy atom. The second-order valence-electron chi connectivity index (χ2n) is 7.65. The lowest BCUT2D eigenvalue weighted by atomic mass is 9.90. The summed E-state index contributed by atoms with van der Waals surface area (Å²) in [5.74, 6) is 3.57. The molecule has 1 amide bonds. The van der Waals surface area contributed by atoms with Gasteiger partial charge in [-0.05, 0) is 43.0 Å². The topological polar surface area (TPSA) is 181 Å². The van der Waals surface area contributed by atoms with Crippen LogP contribution in [0.4, 0.5) is 0 Å². The van der Waals surface area contributed by atoms with Crippen LogP contribution in [0.25, 0.3) is 0 Å². The third kappa shape index (κ3) is 5.58. The number of carbonyl (C=O) groups excluding carboxylic acids is 1. The van der Waals surface area contributed by atoms with Gasteiger partial charge in [-0.2, -0.15) is 18.6 Å². The van der Waals surface area contributed by atoms with E-state index < -0.39 is 40.6 Å². The molecule has 33 heavy (non-hydrogen) atoms. The Balaban J connectivity index is 2.02. The van der Waals surface area contributed by atoms with Gasteiger partial charge in [0.05, 0.1) is 15.6 Å². The Morgan fingerprint density at radius 1 is 1.33 bits per heavy atom. The second kappa shape index (κ2) is 10.3. The number of hydrogen-bond acceptors (Lipinski definition) is 11. The molecule has 3 rings (SSSR count). The highest BCUT2D eigenvalue weighted by Crippen LogP contribution is 2.33. The molecule has 0 fully saturated rings. The average Bonchev–Trinajstić information content (AvgIpc) is 3.26. The highest BCUT2D eigenvalue weighted by atomic mass is 32.2. The van der Waals surface area contributed by atoms with Crippen molar-refractivity contribution in [3.8, 4) is 0 Å². The van der Waals surface area contributed by atoms with Gasteiger partial charge in [0, 0.05) is 17.5 Å². The first kappa shape index (κ1) is 25.2. The maximum atomic E-state index is 12.7. The number of primary amides is 1. The van der Waals surface area contributed by atoms with Gasteiger partial charge in [-0.25, -0.2) is 10.3 Å². The molecular formula is C20H27N5O6S2. The van der Waals surface area contributed by atoms with Gasteiger partial charge >= 0.3 is 10.1 Å². The van der Waals surface area contributed by atoms with Crippen LogP contribution in [0.1, 0.15) is 36.0 Å². The molecule has 7 N–H and O–H groups in total. The number of carbonyl (C=O) groups is 1. The van der Waals surface area contributed by atoms with E-state index in [4.69, 9.17) is 11.6 Å². The SMILES string of the molecule is CCc1csc(C(Cc2ccc(S(=O)(=O)ON)cc2)C(C(N)=O)N2C=C(C)C(O)NC2O)n1. The Morgan fingerprint density at radius 3 is 2.55 bits per heavy atom. The first-order valence-corrected chi connectivity index (χ1v) is 12.4. The molecule has 4 unspecified atom stereocenters. The second-order valence-corrected chi connectivity index (χ2v) is 10.1. The van der Waals surface area contributed by atoms with Crippen molar-refractivity contribution in [3.63, 3.8) is 0 Å². The molecule has 2 heterocycles. The monoisotopic (exact) mass is 497 g/mol. The van der Waals surface area contributed by atoms with Crippen molar-refractivity contribution >= 4 is 27.4 Å². The van der Waals surface area contributed by atoms with Gasteiger partial charge in [0.2, 0.25) is 5.91 Å². The van der Waals surface area contributed by atoms with Crippen LogP contribution in [0.3, 0.4) is 0 Å². The van der Waals surface area contributed by atoms with E-state index in [1.54, 1.807) is 19.1 Å². The van der Waals surface area contributed by atoms with E-state index in [0.29, 0.717) is 22.6 Å². The molecule has 0 spiro atoms. The van der Waals surface area contributed by atoms with Crippen LogP contribution in [0.5, 0.6) is 0 Å². The summed E-state index contributed by atoms with van der Waals surface area (Å²) in [7, 11) is -4.05. The molecule has 2 aromatic rings. The predicted molar refractivity (Wildman–Crippen MR) is 121 cm³/mol. The molecule has 11 nitrogen and oxygen atoms in total. The van der Waals surface area contributed by atoms with E-state index in [1.165, 1.54) is 34.6 Å². The molecular weight excluding hydrogens is 470 g/mol. The van der Waals surface area contributed by atoms with Gasteiger partial charge in [0.1, 0.15) is 12.3 Å². The van der Waals surface area contributed by atoms with E-state index in [1.807, 2.05) is 12.3 Å². The summed E-state index contributed by atoms with van der Waals surface area (Å²) in [6.45, 7) is 3.62. The van der Waals surface area contributed by atoms with Gasteiger partial charge in [-0.3, -0.25) is 4.79 Å². The molecule has 0 radical (unpaired) electrons. The Labute approximate surface area is 195 Å². The van der Waals surface area contributed by atoms with Crippen LogP contribution in [-0.2, 0) is 32.0 Å². The van der Waals surface area contributed by atoms with E-state index in [2.05, 4.69) is 14.6 Å². The van der Waals surface area contributed by atoms with Gasteiger partial charge in [-0.1, -0.05) is 19.1 Å². The average molecular weight is 498 g/mol.